The first kappa shape index (κ1) is 20.8. The summed E-state index contributed by atoms with van der Waals surface area (Å²) in [6.07, 6.45) is 1.80. The van der Waals surface area contributed by atoms with Gasteiger partial charge in [-0.1, -0.05) is 12.1 Å². The lowest BCUT2D eigenvalue weighted by Gasteiger charge is -2.35. The molecule has 9 heteroatoms. The van der Waals surface area contributed by atoms with E-state index in [1.165, 1.54) is 10.9 Å². The van der Waals surface area contributed by atoms with Crippen molar-refractivity contribution in [1.29, 1.82) is 0 Å². The zero-order valence-electron chi connectivity index (χ0n) is 17.9. The van der Waals surface area contributed by atoms with Crippen molar-refractivity contribution in [2.45, 2.75) is 26.8 Å². The van der Waals surface area contributed by atoms with Crippen LogP contribution in [0.5, 0.6) is 0 Å². The number of carbonyl (C=O) groups excluding carboxylic acids is 1. The van der Waals surface area contributed by atoms with Crippen molar-refractivity contribution in [1.82, 2.24) is 24.4 Å². The van der Waals surface area contributed by atoms with Gasteiger partial charge in [0, 0.05) is 57.4 Å². The van der Waals surface area contributed by atoms with Crippen LogP contribution in [0.25, 0.3) is 10.9 Å². The average molecular weight is 422 g/mol. The molecular formula is C22H27N7O2. The molecule has 2 aromatic heterocycles. The molecule has 1 saturated heterocycles. The summed E-state index contributed by atoms with van der Waals surface area (Å²) in [5, 5.41) is 3.73. The lowest BCUT2D eigenvalue weighted by Crippen LogP contribution is -2.49. The van der Waals surface area contributed by atoms with Gasteiger partial charge in [0.15, 0.2) is 0 Å². The van der Waals surface area contributed by atoms with Crippen LogP contribution >= 0.6 is 0 Å². The molecule has 1 aliphatic heterocycles. The number of para-hydroxylation sites is 1. The Morgan fingerprint density at radius 1 is 1.13 bits per heavy atom. The number of nitrogens with one attached hydrogen (secondary N) is 1. The molecule has 9 nitrogen and oxygen atoms in total. The smallest absolute Gasteiger partial charge is 0.261 e. The number of aromatic nitrogens is 4. The Morgan fingerprint density at radius 3 is 2.68 bits per heavy atom. The molecular weight excluding hydrogens is 394 g/mol. The summed E-state index contributed by atoms with van der Waals surface area (Å²) in [6, 6.07) is 9.22. The van der Waals surface area contributed by atoms with E-state index in [0.29, 0.717) is 49.6 Å². The van der Waals surface area contributed by atoms with E-state index in [-0.39, 0.29) is 17.9 Å². The number of carbonyl (C=O) groups is 1. The fraction of sp³-hybridized carbons (Fsp3) is 0.409. The highest BCUT2D eigenvalue weighted by Crippen LogP contribution is 2.17. The summed E-state index contributed by atoms with van der Waals surface area (Å²) >= 11 is 0. The fourth-order valence-corrected chi connectivity index (χ4v) is 3.78. The van der Waals surface area contributed by atoms with Gasteiger partial charge in [-0.3, -0.25) is 14.2 Å². The van der Waals surface area contributed by atoms with Crippen molar-refractivity contribution in [2.24, 2.45) is 0 Å². The molecule has 0 bridgehead atoms. The number of fused-ring (bicyclic) bond motifs is 1. The summed E-state index contributed by atoms with van der Waals surface area (Å²) in [5.74, 6) is 1.56. The molecule has 4 rings (SSSR count). The third kappa shape index (κ3) is 4.65. The quantitative estimate of drug-likeness (QED) is 0.647. The van der Waals surface area contributed by atoms with Crippen molar-refractivity contribution >= 4 is 28.6 Å². The van der Waals surface area contributed by atoms with Gasteiger partial charge in [-0.05, 0) is 26.0 Å². The second-order valence-electron chi connectivity index (χ2n) is 7.60. The lowest BCUT2D eigenvalue weighted by atomic mass is 10.2. The highest BCUT2D eigenvalue weighted by Gasteiger charge is 2.22. The number of hydrogen-bond donors (Lipinski definition) is 1. The molecule has 0 radical (unpaired) electrons. The largest absolute Gasteiger partial charge is 0.354 e. The van der Waals surface area contributed by atoms with E-state index in [4.69, 9.17) is 0 Å². The number of piperazine rings is 1. The normalized spacial score (nSPS) is 14.1. The number of anilines is 2. The molecule has 162 valence electrons. The van der Waals surface area contributed by atoms with Crippen LogP contribution in [0.3, 0.4) is 0 Å². The van der Waals surface area contributed by atoms with Gasteiger partial charge in [0.1, 0.15) is 5.82 Å². The van der Waals surface area contributed by atoms with Crippen molar-refractivity contribution in [3.05, 3.63) is 52.7 Å². The van der Waals surface area contributed by atoms with E-state index in [1.807, 2.05) is 43.0 Å². The van der Waals surface area contributed by atoms with Crippen molar-refractivity contribution in [3.8, 4) is 0 Å². The standard InChI is InChI=1S/C22H27N7O2/c1-3-23-22-25-16(2)14-19(26-22)27-10-12-28(13-11-27)20(30)8-9-29-15-24-18-7-5-4-6-17(18)21(29)31/h4-7,14-15H,3,8-13H2,1-2H3,(H,23,25,26). The van der Waals surface area contributed by atoms with Gasteiger partial charge in [-0.15, -0.1) is 0 Å². The van der Waals surface area contributed by atoms with Gasteiger partial charge >= 0.3 is 0 Å². The maximum Gasteiger partial charge on any atom is 0.261 e. The average Bonchev–Trinajstić information content (AvgIpc) is 2.78. The minimum absolute atomic E-state index is 0.0481. The highest BCUT2D eigenvalue weighted by atomic mass is 16.2. The number of aryl methyl sites for hydroxylation is 2. The summed E-state index contributed by atoms with van der Waals surface area (Å²) in [6.45, 7) is 7.74. The lowest BCUT2D eigenvalue weighted by molar-refractivity contribution is -0.131. The van der Waals surface area contributed by atoms with Crippen molar-refractivity contribution < 1.29 is 4.79 Å². The number of benzene rings is 1. The molecule has 0 aliphatic carbocycles. The second-order valence-corrected chi connectivity index (χ2v) is 7.60. The van der Waals surface area contributed by atoms with Crippen LogP contribution in [0.2, 0.25) is 0 Å². The van der Waals surface area contributed by atoms with Gasteiger partial charge in [0.2, 0.25) is 11.9 Å². The van der Waals surface area contributed by atoms with E-state index in [1.54, 1.807) is 6.07 Å². The Hall–Kier alpha value is -3.49. The predicted molar refractivity (Wildman–Crippen MR) is 120 cm³/mol. The van der Waals surface area contributed by atoms with Gasteiger partial charge in [0.25, 0.3) is 5.56 Å². The molecule has 0 saturated carbocycles. The zero-order valence-corrected chi connectivity index (χ0v) is 17.9. The van der Waals surface area contributed by atoms with Crippen LogP contribution in [-0.4, -0.2) is 63.0 Å². The Labute approximate surface area is 180 Å². The summed E-state index contributed by atoms with van der Waals surface area (Å²) < 4.78 is 1.52. The third-order valence-electron chi connectivity index (χ3n) is 5.43. The van der Waals surface area contributed by atoms with Gasteiger partial charge in [-0.2, -0.15) is 4.98 Å². The van der Waals surface area contributed by atoms with Gasteiger partial charge < -0.3 is 15.1 Å². The fourth-order valence-electron chi connectivity index (χ4n) is 3.78. The van der Waals surface area contributed by atoms with Crippen LogP contribution in [0, 0.1) is 6.92 Å². The SMILES string of the molecule is CCNc1nc(C)cc(N2CCN(C(=O)CCn3cnc4ccccc4c3=O)CC2)n1. The summed E-state index contributed by atoms with van der Waals surface area (Å²) in [5.41, 5.74) is 1.47. The van der Waals surface area contributed by atoms with Crippen molar-refractivity contribution in [3.63, 3.8) is 0 Å². The number of amides is 1. The first-order chi connectivity index (χ1) is 15.0. The van der Waals surface area contributed by atoms with Crippen LogP contribution in [0.4, 0.5) is 11.8 Å². The Kier molecular flexibility index (Phi) is 6.11. The van der Waals surface area contributed by atoms with E-state index < -0.39 is 0 Å². The van der Waals surface area contributed by atoms with Crippen LogP contribution in [0.1, 0.15) is 19.0 Å². The van der Waals surface area contributed by atoms with E-state index in [2.05, 4.69) is 25.2 Å². The van der Waals surface area contributed by atoms with Gasteiger partial charge in [0.05, 0.1) is 17.2 Å². The minimum Gasteiger partial charge on any atom is -0.354 e. The predicted octanol–water partition coefficient (Wildman–Crippen LogP) is 1.67. The molecule has 0 spiro atoms. The second kappa shape index (κ2) is 9.11. The number of rotatable bonds is 6. The molecule has 0 unspecified atom stereocenters. The number of hydrogen-bond acceptors (Lipinski definition) is 7. The molecule has 31 heavy (non-hydrogen) atoms. The Morgan fingerprint density at radius 2 is 1.90 bits per heavy atom. The zero-order chi connectivity index (χ0) is 21.8. The highest BCUT2D eigenvalue weighted by molar-refractivity contribution is 5.77. The van der Waals surface area contributed by atoms with Gasteiger partial charge in [-0.25, -0.2) is 9.97 Å². The molecule has 3 aromatic rings. The Balaban J connectivity index is 1.35. The molecule has 1 aliphatic rings. The van der Waals surface area contributed by atoms with Crippen molar-refractivity contribution in [2.75, 3.05) is 42.9 Å². The third-order valence-corrected chi connectivity index (χ3v) is 5.43. The summed E-state index contributed by atoms with van der Waals surface area (Å²) in [7, 11) is 0. The van der Waals surface area contributed by atoms with Crippen LogP contribution < -0.4 is 15.8 Å². The molecule has 0 atom stereocenters. The topological polar surface area (TPSA) is 96.3 Å². The van der Waals surface area contributed by atoms with Crippen LogP contribution in [0.15, 0.2) is 41.5 Å². The maximum atomic E-state index is 12.7. The first-order valence-corrected chi connectivity index (χ1v) is 10.6. The van der Waals surface area contributed by atoms with E-state index in [9.17, 15) is 9.59 Å². The first-order valence-electron chi connectivity index (χ1n) is 10.6. The maximum absolute atomic E-state index is 12.7. The Bertz CT molecular complexity index is 1140. The monoisotopic (exact) mass is 421 g/mol. The minimum atomic E-state index is -0.112. The number of nitrogens with zero attached hydrogens (tertiary/aromatic N) is 6. The molecule has 1 amide bonds. The van der Waals surface area contributed by atoms with E-state index in [0.717, 1.165) is 18.1 Å². The molecule has 3 heterocycles. The molecule has 1 N–H and O–H groups in total. The van der Waals surface area contributed by atoms with Crippen LogP contribution in [-0.2, 0) is 11.3 Å². The van der Waals surface area contributed by atoms with E-state index >= 15 is 0 Å². The summed E-state index contributed by atoms with van der Waals surface area (Å²) in [4.78, 5) is 42.6. The molecule has 1 fully saturated rings. The molecule has 1 aromatic carbocycles.